The SMILES string of the molecule is OC(CC1CCOCC1)c1ccccc1Br. The summed E-state index contributed by atoms with van der Waals surface area (Å²) < 4.78 is 6.31. The van der Waals surface area contributed by atoms with Crippen LogP contribution in [0.3, 0.4) is 0 Å². The summed E-state index contributed by atoms with van der Waals surface area (Å²) in [6.07, 6.45) is 2.62. The van der Waals surface area contributed by atoms with E-state index in [-0.39, 0.29) is 6.10 Å². The van der Waals surface area contributed by atoms with E-state index < -0.39 is 0 Å². The Labute approximate surface area is 105 Å². The molecular formula is C13H17BrO2. The molecule has 0 spiro atoms. The number of hydrogen-bond donors (Lipinski definition) is 1. The molecule has 0 amide bonds. The third-order valence-corrected chi connectivity index (χ3v) is 3.88. The zero-order valence-corrected chi connectivity index (χ0v) is 10.8. The molecule has 88 valence electrons. The molecule has 2 rings (SSSR count). The number of aliphatic hydroxyl groups is 1. The van der Waals surface area contributed by atoms with Crippen molar-refractivity contribution in [1.82, 2.24) is 0 Å². The van der Waals surface area contributed by atoms with Gasteiger partial charge >= 0.3 is 0 Å². The summed E-state index contributed by atoms with van der Waals surface area (Å²) in [6, 6.07) is 7.89. The Morgan fingerprint density at radius 1 is 1.31 bits per heavy atom. The molecule has 0 radical (unpaired) electrons. The summed E-state index contributed by atoms with van der Waals surface area (Å²) in [5.41, 5.74) is 0.994. The molecule has 0 aliphatic carbocycles. The van der Waals surface area contributed by atoms with Crippen LogP contribution < -0.4 is 0 Å². The first-order valence-electron chi connectivity index (χ1n) is 5.77. The second-order valence-electron chi connectivity index (χ2n) is 4.33. The van der Waals surface area contributed by atoms with Crippen molar-refractivity contribution in [3.8, 4) is 0 Å². The van der Waals surface area contributed by atoms with Gasteiger partial charge in [-0.3, -0.25) is 0 Å². The van der Waals surface area contributed by atoms with Crippen LogP contribution in [0.25, 0.3) is 0 Å². The molecule has 16 heavy (non-hydrogen) atoms. The highest BCUT2D eigenvalue weighted by Gasteiger charge is 2.19. The first-order valence-corrected chi connectivity index (χ1v) is 6.57. The Hall–Kier alpha value is -0.380. The zero-order chi connectivity index (χ0) is 11.4. The number of rotatable bonds is 3. The molecule has 0 saturated carbocycles. The van der Waals surface area contributed by atoms with Gasteiger partial charge in [0.05, 0.1) is 6.10 Å². The predicted octanol–water partition coefficient (Wildman–Crippen LogP) is 3.30. The van der Waals surface area contributed by atoms with Crippen LogP contribution in [0.2, 0.25) is 0 Å². The van der Waals surface area contributed by atoms with Gasteiger partial charge in [0.15, 0.2) is 0 Å². The fraction of sp³-hybridized carbons (Fsp3) is 0.538. The summed E-state index contributed by atoms with van der Waals surface area (Å²) in [7, 11) is 0. The van der Waals surface area contributed by atoms with E-state index in [1.165, 1.54) is 0 Å². The quantitative estimate of drug-likeness (QED) is 0.923. The fourth-order valence-electron chi connectivity index (χ4n) is 2.17. The van der Waals surface area contributed by atoms with Crippen LogP contribution in [-0.4, -0.2) is 18.3 Å². The van der Waals surface area contributed by atoms with Crippen molar-refractivity contribution < 1.29 is 9.84 Å². The van der Waals surface area contributed by atoms with E-state index in [0.717, 1.165) is 42.5 Å². The van der Waals surface area contributed by atoms with E-state index in [4.69, 9.17) is 4.74 Å². The molecule has 2 nitrogen and oxygen atoms in total. The van der Waals surface area contributed by atoms with Crippen molar-refractivity contribution >= 4 is 15.9 Å². The van der Waals surface area contributed by atoms with E-state index in [0.29, 0.717) is 5.92 Å². The maximum atomic E-state index is 10.2. The molecule has 3 heteroatoms. The molecule has 1 aromatic carbocycles. The minimum atomic E-state index is -0.362. The van der Waals surface area contributed by atoms with Crippen molar-refractivity contribution in [1.29, 1.82) is 0 Å². The Balaban J connectivity index is 1.96. The average Bonchev–Trinajstić information content (AvgIpc) is 2.31. The van der Waals surface area contributed by atoms with Crippen molar-refractivity contribution in [2.45, 2.75) is 25.4 Å². The maximum absolute atomic E-state index is 10.2. The lowest BCUT2D eigenvalue weighted by atomic mass is 9.91. The van der Waals surface area contributed by atoms with Gasteiger partial charge in [-0.15, -0.1) is 0 Å². The highest BCUT2D eigenvalue weighted by atomic mass is 79.9. The van der Waals surface area contributed by atoms with Crippen LogP contribution in [0.4, 0.5) is 0 Å². The van der Waals surface area contributed by atoms with Gasteiger partial charge in [-0.1, -0.05) is 34.1 Å². The summed E-state index contributed by atoms with van der Waals surface area (Å²) in [6.45, 7) is 1.68. The van der Waals surface area contributed by atoms with Gasteiger partial charge in [0.25, 0.3) is 0 Å². The summed E-state index contributed by atoms with van der Waals surface area (Å²) >= 11 is 3.48. The van der Waals surface area contributed by atoms with Crippen LogP contribution in [0.5, 0.6) is 0 Å². The smallest absolute Gasteiger partial charge is 0.0803 e. The average molecular weight is 285 g/mol. The number of halogens is 1. The highest BCUT2D eigenvalue weighted by Crippen LogP contribution is 2.31. The lowest BCUT2D eigenvalue weighted by molar-refractivity contribution is 0.0434. The van der Waals surface area contributed by atoms with Crippen LogP contribution in [-0.2, 0) is 4.74 Å². The molecule has 1 fully saturated rings. The molecule has 1 atom stereocenters. The first kappa shape index (κ1) is 12.1. The van der Waals surface area contributed by atoms with Crippen molar-refractivity contribution in [2.24, 2.45) is 5.92 Å². The van der Waals surface area contributed by atoms with Gasteiger partial charge in [0.2, 0.25) is 0 Å². The second-order valence-corrected chi connectivity index (χ2v) is 5.18. The van der Waals surface area contributed by atoms with E-state index in [1.54, 1.807) is 0 Å². The highest BCUT2D eigenvalue weighted by molar-refractivity contribution is 9.10. The largest absolute Gasteiger partial charge is 0.388 e. The topological polar surface area (TPSA) is 29.5 Å². The van der Waals surface area contributed by atoms with Crippen LogP contribution >= 0.6 is 15.9 Å². The van der Waals surface area contributed by atoms with Crippen molar-refractivity contribution in [3.63, 3.8) is 0 Å². The molecule has 0 bridgehead atoms. The molecule has 1 unspecified atom stereocenters. The minimum absolute atomic E-state index is 0.362. The monoisotopic (exact) mass is 284 g/mol. The molecule has 1 aliphatic rings. The second kappa shape index (κ2) is 5.80. The number of ether oxygens (including phenoxy) is 1. The number of benzene rings is 1. The van der Waals surface area contributed by atoms with Gasteiger partial charge in [-0.05, 0) is 36.8 Å². The molecule has 1 N–H and O–H groups in total. The van der Waals surface area contributed by atoms with Crippen LogP contribution in [0.15, 0.2) is 28.7 Å². The van der Waals surface area contributed by atoms with Crippen LogP contribution in [0, 0.1) is 5.92 Å². The molecule has 1 heterocycles. The van der Waals surface area contributed by atoms with E-state index in [2.05, 4.69) is 15.9 Å². The van der Waals surface area contributed by atoms with E-state index in [9.17, 15) is 5.11 Å². The fourth-order valence-corrected chi connectivity index (χ4v) is 2.72. The molecular weight excluding hydrogens is 268 g/mol. The van der Waals surface area contributed by atoms with Gasteiger partial charge in [-0.2, -0.15) is 0 Å². The van der Waals surface area contributed by atoms with E-state index >= 15 is 0 Å². The van der Waals surface area contributed by atoms with Gasteiger partial charge < -0.3 is 9.84 Å². The summed E-state index contributed by atoms with van der Waals surface area (Å²) in [4.78, 5) is 0. The normalized spacial score (nSPS) is 19.6. The maximum Gasteiger partial charge on any atom is 0.0803 e. The van der Waals surface area contributed by atoms with Gasteiger partial charge in [-0.25, -0.2) is 0 Å². The number of hydrogen-bond acceptors (Lipinski definition) is 2. The summed E-state index contributed by atoms with van der Waals surface area (Å²) in [5, 5.41) is 10.2. The standard InChI is InChI=1S/C13H17BrO2/c14-12-4-2-1-3-11(12)13(15)9-10-5-7-16-8-6-10/h1-4,10,13,15H,5-9H2. The Morgan fingerprint density at radius 3 is 2.69 bits per heavy atom. The van der Waals surface area contributed by atoms with E-state index in [1.807, 2.05) is 24.3 Å². The Morgan fingerprint density at radius 2 is 2.00 bits per heavy atom. The van der Waals surface area contributed by atoms with Crippen molar-refractivity contribution in [2.75, 3.05) is 13.2 Å². The minimum Gasteiger partial charge on any atom is -0.388 e. The Kier molecular flexibility index (Phi) is 4.38. The Bertz CT molecular complexity index is 334. The molecule has 1 aromatic rings. The zero-order valence-electron chi connectivity index (χ0n) is 9.23. The third-order valence-electron chi connectivity index (χ3n) is 3.16. The molecule has 0 aromatic heterocycles. The lowest BCUT2D eigenvalue weighted by Gasteiger charge is -2.24. The van der Waals surface area contributed by atoms with Gasteiger partial charge in [0, 0.05) is 17.7 Å². The first-order chi connectivity index (χ1) is 7.77. The van der Waals surface area contributed by atoms with Gasteiger partial charge in [0.1, 0.15) is 0 Å². The summed E-state index contributed by atoms with van der Waals surface area (Å²) in [5.74, 6) is 0.593. The number of aliphatic hydroxyl groups excluding tert-OH is 1. The molecule has 1 saturated heterocycles. The van der Waals surface area contributed by atoms with Crippen LogP contribution in [0.1, 0.15) is 30.9 Å². The van der Waals surface area contributed by atoms with Crippen molar-refractivity contribution in [3.05, 3.63) is 34.3 Å². The lowest BCUT2D eigenvalue weighted by Crippen LogP contribution is -2.18. The predicted molar refractivity (Wildman–Crippen MR) is 67.3 cm³/mol. The molecule has 1 aliphatic heterocycles. The third kappa shape index (κ3) is 3.06.